The van der Waals surface area contributed by atoms with Crippen LogP contribution in [0.25, 0.3) is 0 Å². The van der Waals surface area contributed by atoms with Crippen molar-refractivity contribution in [2.24, 2.45) is 5.92 Å². The minimum absolute atomic E-state index is 0.0660. The lowest BCUT2D eigenvalue weighted by atomic mass is 9.94. The van der Waals surface area contributed by atoms with E-state index in [1.54, 1.807) is 17.5 Å². The van der Waals surface area contributed by atoms with Gasteiger partial charge < -0.3 is 5.32 Å². The lowest BCUT2D eigenvalue weighted by Gasteiger charge is -2.26. The van der Waals surface area contributed by atoms with Crippen molar-refractivity contribution >= 4 is 22.8 Å². The van der Waals surface area contributed by atoms with Crippen LogP contribution in [-0.4, -0.2) is 16.6 Å². The molecule has 0 unspecified atom stereocenters. The Bertz CT molecular complexity index is 521. The standard InChI is InChI=1S/C18H25NO2S/c1-14(2)10-12-18(3,4)19-16(20)11-13-22-17(21)15-8-6-5-7-9-15/h5-9,11,13-14H,10,12H2,1-4H3,(H,19,20)/b13-11-. The van der Waals surface area contributed by atoms with Crippen LogP contribution in [0.5, 0.6) is 0 Å². The average molecular weight is 319 g/mol. The van der Waals surface area contributed by atoms with E-state index in [-0.39, 0.29) is 16.6 Å². The van der Waals surface area contributed by atoms with Crippen LogP contribution < -0.4 is 5.32 Å². The highest BCUT2D eigenvalue weighted by Crippen LogP contribution is 2.16. The van der Waals surface area contributed by atoms with E-state index < -0.39 is 0 Å². The zero-order valence-corrected chi connectivity index (χ0v) is 14.6. The van der Waals surface area contributed by atoms with Crippen LogP contribution in [0.1, 0.15) is 50.9 Å². The van der Waals surface area contributed by atoms with Gasteiger partial charge in [0, 0.05) is 17.2 Å². The molecular weight excluding hydrogens is 294 g/mol. The summed E-state index contributed by atoms with van der Waals surface area (Å²) in [6, 6.07) is 9.03. The number of hydrogen-bond acceptors (Lipinski definition) is 3. The van der Waals surface area contributed by atoms with Gasteiger partial charge in [-0.05, 0) is 38.0 Å². The Balaban J connectivity index is 2.43. The van der Waals surface area contributed by atoms with E-state index >= 15 is 0 Å². The van der Waals surface area contributed by atoms with E-state index in [1.165, 1.54) is 6.08 Å². The van der Waals surface area contributed by atoms with E-state index in [0.29, 0.717) is 11.5 Å². The second-order valence-corrected chi connectivity index (χ2v) is 7.26. The molecule has 0 atom stereocenters. The lowest BCUT2D eigenvalue weighted by Crippen LogP contribution is -2.42. The Morgan fingerprint density at radius 1 is 1.23 bits per heavy atom. The molecule has 0 aliphatic heterocycles. The molecular formula is C18H25NO2S. The summed E-state index contributed by atoms with van der Waals surface area (Å²) in [5.74, 6) is 0.452. The number of hydrogen-bond donors (Lipinski definition) is 1. The van der Waals surface area contributed by atoms with E-state index in [9.17, 15) is 9.59 Å². The molecule has 3 nitrogen and oxygen atoms in total. The number of benzene rings is 1. The number of carbonyl (C=O) groups excluding carboxylic acids is 2. The summed E-state index contributed by atoms with van der Waals surface area (Å²) >= 11 is 1.02. The molecule has 120 valence electrons. The highest BCUT2D eigenvalue weighted by atomic mass is 32.2. The molecule has 1 N–H and O–H groups in total. The Labute approximate surface area is 137 Å². The fourth-order valence-corrected chi connectivity index (χ4v) is 2.47. The molecule has 0 fully saturated rings. The van der Waals surface area contributed by atoms with Crippen molar-refractivity contribution in [2.45, 2.75) is 46.1 Å². The van der Waals surface area contributed by atoms with E-state index in [1.807, 2.05) is 32.0 Å². The summed E-state index contributed by atoms with van der Waals surface area (Å²) in [4.78, 5) is 23.8. The molecule has 0 heterocycles. The first-order chi connectivity index (χ1) is 10.3. The Kier molecular flexibility index (Phi) is 7.39. The average Bonchev–Trinajstić information content (AvgIpc) is 2.45. The van der Waals surface area contributed by atoms with Crippen LogP contribution in [0.4, 0.5) is 0 Å². The van der Waals surface area contributed by atoms with Gasteiger partial charge in [-0.25, -0.2) is 0 Å². The van der Waals surface area contributed by atoms with Crippen LogP contribution in [0, 0.1) is 5.92 Å². The molecule has 1 amide bonds. The largest absolute Gasteiger partial charge is 0.348 e. The first-order valence-electron chi connectivity index (χ1n) is 7.55. The number of nitrogens with one attached hydrogen (secondary N) is 1. The number of carbonyl (C=O) groups is 2. The zero-order valence-electron chi connectivity index (χ0n) is 13.8. The van der Waals surface area contributed by atoms with Crippen LogP contribution in [-0.2, 0) is 4.79 Å². The fraction of sp³-hybridized carbons (Fsp3) is 0.444. The molecule has 0 saturated carbocycles. The molecule has 0 aromatic heterocycles. The van der Waals surface area contributed by atoms with Gasteiger partial charge in [-0.2, -0.15) is 0 Å². The van der Waals surface area contributed by atoms with E-state index in [0.717, 1.165) is 24.6 Å². The minimum atomic E-state index is -0.236. The highest BCUT2D eigenvalue weighted by molar-refractivity contribution is 8.16. The van der Waals surface area contributed by atoms with Gasteiger partial charge in [0.25, 0.3) is 0 Å². The second kappa shape index (κ2) is 8.79. The number of amides is 1. The topological polar surface area (TPSA) is 46.2 Å². The van der Waals surface area contributed by atoms with E-state index in [2.05, 4.69) is 19.2 Å². The quantitative estimate of drug-likeness (QED) is 0.757. The van der Waals surface area contributed by atoms with Crippen LogP contribution in [0.3, 0.4) is 0 Å². The molecule has 1 aromatic rings. The third-order valence-electron chi connectivity index (χ3n) is 3.21. The van der Waals surface area contributed by atoms with Crippen molar-refractivity contribution in [3.8, 4) is 0 Å². The maximum atomic E-state index is 11.9. The van der Waals surface area contributed by atoms with Gasteiger partial charge in [-0.15, -0.1) is 0 Å². The molecule has 4 heteroatoms. The van der Waals surface area contributed by atoms with Crippen molar-refractivity contribution in [3.05, 3.63) is 47.4 Å². The summed E-state index contributed by atoms with van der Waals surface area (Å²) in [5.41, 5.74) is 0.398. The zero-order chi connectivity index (χ0) is 16.6. The summed E-state index contributed by atoms with van der Waals surface area (Å²) in [6.45, 7) is 8.38. The van der Waals surface area contributed by atoms with Gasteiger partial charge in [0.15, 0.2) is 0 Å². The third-order valence-corrected chi connectivity index (χ3v) is 3.93. The second-order valence-electron chi connectivity index (χ2n) is 6.38. The van der Waals surface area contributed by atoms with Gasteiger partial charge in [0.1, 0.15) is 0 Å². The van der Waals surface area contributed by atoms with E-state index in [4.69, 9.17) is 0 Å². The van der Waals surface area contributed by atoms with Crippen LogP contribution >= 0.6 is 11.8 Å². The fourth-order valence-electron chi connectivity index (χ4n) is 1.89. The first-order valence-corrected chi connectivity index (χ1v) is 8.43. The normalized spacial score (nSPS) is 11.9. The molecule has 0 bridgehead atoms. The molecule has 0 radical (unpaired) electrons. The number of thioether (sulfide) groups is 1. The van der Waals surface area contributed by atoms with Crippen LogP contribution in [0.2, 0.25) is 0 Å². The van der Waals surface area contributed by atoms with Crippen LogP contribution in [0.15, 0.2) is 41.8 Å². The maximum Gasteiger partial charge on any atom is 0.244 e. The van der Waals surface area contributed by atoms with Gasteiger partial charge in [0.2, 0.25) is 11.0 Å². The van der Waals surface area contributed by atoms with Crippen molar-refractivity contribution in [3.63, 3.8) is 0 Å². The molecule has 0 aliphatic carbocycles. The monoisotopic (exact) mass is 319 g/mol. The van der Waals surface area contributed by atoms with Crippen molar-refractivity contribution in [2.75, 3.05) is 0 Å². The van der Waals surface area contributed by atoms with Gasteiger partial charge >= 0.3 is 0 Å². The predicted molar refractivity (Wildman–Crippen MR) is 93.8 cm³/mol. The van der Waals surface area contributed by atoms with Crippen molar-refractivity contribution < 1.29 is 9.59 Å². The molecule has 1 rings (SSSR count). The highest BCUT2D eigenvalue weighted by Gasteiger charge is 2.19. The lowest BCUT2D eigenvalue weighted by molar-refractivity contribution is -0.118. The van der Waals surface area contributed by atoms with Gasteiger partial charge in [0.05, 0.1) is 0 Å². The summed E-state index contributed by atoms with van der Waals surface area (Å²) < 4.78 is 0. The van der Waals surface area contributed by atoms with Gasteiger partial charge in [-0.3, -0.25) is 9.59 Å². The Morgan fingerprint density at radius 3 is 2.45 bits per heavy atom. The maximum absolute atomic E-state index is 11.9. The Morgan fingerprint density at radius 2 is 1.86 bits per heavy atom. The number of rotatable bonds is 7. The minimum Gasteiger partial charge on any atom is -0.348 e. The Hall–Kier alpha value is -1.55. The molecule has 1 aromatic carbocycles. The molecule has 0 saturated heterocycles. The third kappa shape index (κ3) is 7.46. The molecule has 0 aliphatic rings. The van der Waals surface area contributed by atoms with Crippen molar-refractivity contribution in [1.82, 2.24) is 5.32 Å². The molecule has 22 heavy (non-hydrogen) atoms. The SMILES string of the molecule is CC(C)CCC(C)(C)NC(=O)/C=C\SC(=O)c1ccccc1. The van der Waals surface area contributed by atoms with Gasteiger partial charge in [-0.1, -0.05) is 55.9 Å². The summed E-state index contributed by atoms with van der Waals surface area (Å²) in [7, 11) is 0. The molecule has 0 spiro atoms. The summed E-state index contributed by atoms with van der Waals surface area (Å²) in [5, 5.41) is 4.45. The smallest absolute Gasteiger partial charge is 0.244 e. The first kappa shape index (κ1) is 18.5. The summed E-state index contributed by atoms with van der Waals surface area (Å²) in [6.07, 6.45) is 3.42. The predicted octanol–water partition coefficient (Wildman–Crippen LogP) is 4.40. The van der Waals surface area contributed by atoms with Crippen molar-refractivity contribution in [1.29, 1.82) is 0 Å².